The number of fused-ring (bicyclic) bond motifs is 1. The fraction of sp³-hybridized carbons (Fsp3) is 0.100. The Morgan fingerprint density at radius 1 is 1.50 bits per heavy atom. The first-order valence-corrected chi connectivity index (χ1v) is 5.43. The van der Waals surface area contributed by atoms with Crippen LogP contribution in [-0.4, -0.2) is 10.5 Å². The van der Waals surface area contributed by atoms with Gasteiger partial charge in [0.05, 0.1) is 15.4 Å². The Morgan fingerprint density at radius 2 is 2.38 bits per heavy atom. The number of benzene rings is 1. The lowest BCUT2D eigenvalue weighted by Crippen LogP contribution is -2.35. The summed E-state index contributed by atoms with van der Waals surface area (Å²) in [6, 6.07) is 5.16. The molecule has 0 spiro atoms. The first-order chi connectivity index (χ1) is 7.75. The number of rotatable bonds is 1. The van der Waals surface area contributed by atoms with Crippen molar-refractivity contribution in [3.63, 3.8) is 0 Å². The monoisotopic (exact) mass is 234 g/mol. The minimum Gasteiger partial charge on any atom is -0.820 e. The molecule has 3 rings (SSSR count). The van der Waals surface area contributed by atoms with E-state index in [0.717, 1.165) is 17.1 Å². The van der Waals surface area contributed by atoms with Crippen LogP contribution in [0.1, 0.15) is 15.9 Å². The lowest BCUT2D eigenvalue weighted by Gasteiger charge is -1.97. The molecule has 1 aliphatic rings. The number of hydrogen-bond acceptors (Lipinski definition) is 5. The minimum atomic E-state index is -0.347. The van der Waals surface area contributed by atoms with E-state index in [1.807, 2.05) is 0 Å². The Kier molecular flexibility index (Phi) is 1.90. The van der Waals surface area contributed by atoms with E-state index in [4.69, 9.17) is 4.74 Å². The van der Waals surface area contributed by atoms with Crippen molar-refractivity contribution in [1.82, 2.24) is 4.49 Å². The number of carbonyl (C=O) groups is 1. The molecule has 0 unspecified atom stereocenters. The Balaban J connectivity index is 2.15. The molecule has 0 saturated heterocycles. The summed E-state index contributed by atoms with van der Waals surface area (Å²) in [5.41, 5.74) is 1.94. The molecular weight excluding hydrogens is 228 g/mol. The average Bonchev–Trinajstić information content (AvgIpc) is 2.86. The van der Waals surface area contributed by atoms with E-state index in [0.29, 0.717) is 17.9 Å². The molecule has 16 heavy (non-hydrogen) atoms. The summed E-state index contributed by atoms with van der Waals surface area (Å²) in [5.74, 6) is -0.545. The zero-order chi connectivity index (χ0) is 11.1. The number of hydrogen-bond donors (Lipinski definition) is 0. The molecule has 2 heterocycles. The van der Waals surface area contributed by atoms with Crippen molar-refractivity contribution in [2.24, 2.45) is 0 Å². The molecule has 0 amide bonds. The van der Waals surface area contributed by atoms with Crippen molar-refractivity contribution >= 4 is 17.5 Å². The third-order valence-corrected chi connectivity index (χ3v) is 2.97. The van der Waals surface area contributed by atoms with Gasteiger partial charge in [-0.15, -0.1) is 0 Å². The van der Waals surface area contributed by atoms with E-state index in [-0.39, 0.29) is 11.8 Å². The van der Waals surface area contributed by atoms with E-state index < -0.39 is 0 Å². The van der Waals surface area contributed by atoms with Crippen LogP contribution >= 0.6 is 11.5 Å². The summed E-state index contributed by atoms with van der Waals surface area (Å²) >= 11 is 1.08. The highest BCUT2D eigenvalue weighted by molar-refractivity contribution is 7.03. The molecule has 0 radical (unpaired) electrons. The van der Waals surface area contributed by atoms with Gasteiger partial charge in [0, 0.05) is 29.2 Å². The van der Waals surface area contributed by atoms with Crippen molar-refractivity contribution in [1.29, 1.82) is 0 Å². The second-order valence-corrected chi connectivity index (χ2v) is 3.98. The van der Waals surface area contributed by atoms with Crippen LogP contribution < -0.4 is 9.79 Å². The highest BCUT2D eigenvalue weighted by atomic mass is 32.1. The van der Waals surface area contributed by atoms with Crippen LogP contribution in [0.4, 0.5) is 0 Å². The van der Waals surface area contributed by atoms with E-state index in [1.54, 1.807) is 18.2 Å². The second kappa shape index (κ2) is 3.28. The van der Waals surface area contributed by atoms with Crippen LogP contribution in [0.15, 0.2) is 23.6 Å². The molecule has 0 saturated carbocycles. The molecule has 0 bridgehead atoms. The SMILES string of the molecule is O=C1OCc2ccc(-[n+]3nscc3[O-])cc21. The number of esters is 1. The number of nitrogens with zero attached hydrogens (tertiary/aromatic N) is 2. The van der Waals surface area contributed by atoms with Crippen molar-refractivity contribution in [2.75, 3.05) is 0 Å². The molecule has 2 aromatic rings. The Hall–Kier alpha value is -1.95. The molecule has 0 N–H and O–H groups in total. The first kappa shape index (κ1) is 9.29. The van der Waals surface area contributed by atoms with Crippen LogP contribution in [0.3, 0.4) is 0 Å². The highest BCUT2D eigenvalue weighted by Crippen LogP contribution is 2.21. The zero-order valence-corrected chi connectivity index (χ0v) is 8.86. The van der Waals surface area contributed by atoms with Crippen LogP contribution in [-0.2, 0) is 11.3 Å². The first-order valence-electron chi connectivity index (χ1n) is 4.60. The number of aromatic nitrogens is 2. The van der Waals surface area contributed by atoms with Gasteiger partial charge in [-0.25, -0.2) is 4.79 Å². The van der Waals surface area contributed by atoms with Gasteiger partial charge in [-0.2, -0.15) is 0 Å². The van der Waals surface area contributed by atoms with Crippen molar-refractivity contribution < 1.29 is 19.3 Å². The minimum absolute atomic E-state index is 0.198. The predicted octanol–water partition coefficient (Wildman–Crippen LogP) is 0.164. The predicted molar refractivity (Wildman–Crippen MR) is 52.2 cm³/mol. The van der Waals surface area contributed by atoms with Crippen molar-refractivity contribution in [3.8, 4) is 11.6 Å². The van der Waals surface area contributed by atoms with Gasteiger partial charge in [-0.3, -0.25) is 0 Å². The van der Waals surface area contributed by atoms with Crippen LogP contribution in [0.5, 0.6) is 5.88 Å². The number of ether oxygens (including phenoxy) is 1. The summed E-state index contributed by atoms with van der Waals surface area (Å²) in [5, 5.41) is 12.8. The smallest absolute Gasteiger partial charge is 0.339 e. The summed E-state index contributed by atoms with van der Waals surface area (Å²) < 4.78 is 10.1. The van der Waals surface area contributed by atoms with Gasteiger partial charge in [0.15, 0.2) is 5.88 Å². The molecular formula is C10H6N2O3S. The van der Waals surface area contributed by atoms with E-state index in [1.165, 1.54) is 10.1 Å². The highest BCUT2D eigenvalue weighted by Gasteiger charge is 2.24. The molecule has 5 nitrogen and oxygen atoms in total. The summed E-state index contributed by atoms with van der Waals surface area (Å²) in [7, 11) is 0. The summed E-state index contributed by atoms with van der Waals surface area (Å²) in [4.78, 5) is 11.3. The van der Waals surface area contributed by atoms with Gasteiger partial charge in [-0.1, -0.05) is 0 Å². The molecule has 6 heteroatoms. The maximum Gasteiger partial charge on any atom is 0.339 e. The largest absolute Gasteiger partial charge is 0.820 e. The quantitative estimate of drug-likeness (QED) is 0.521. The molecule has 0 aliphatic carbocycles. The summed E-state index contributed by atoms with van der Waals surface area (Å²) in [6.07, 6.45) is 0. The fourth-order valence-corrected chi connectivity index (χ4v) is 2.12. The fourth-order valence-electron chi connectivity index (χ4n) is 1.61. The molecule has 1 aliphatic heterocycles. The molecule has 0 atom stereocenters. The van der Waals surface area contributed by atoms with Crippen molar-refractivity contribution in [3.05, 3.63) is 34.7 Å². The van der Waals surface area contributed by atoms with E-state index >= 15 is 0 Å². The molecule has 80 valence electrons. The normalized spacial score (nSPS) is 13.6. The van der Waals surface area contributed by atoms with Gasteiger partial charge in [0.1, 0.15) is 6.61 Å². The topological polar surface area (TPSA) is 66.1 Å². The van der Waals surface area contributed by atoms with Gasteiger partial charge >= 0.3 is 5.97 Å². The number of cyclic esters (lactones) is 1. The van der Waals surface area contributed by atoms with Gasteiger partial charge in [0.25, 0.3) is 0 Å². The summed E-state index contributed by atoms with van der Waals surface area (Å²) in [6.45, 7) is 0.306. The lowest BCUT2D eigenvalue weighted by atomic mass is 10.1. The maximum atomic E-state index is 11.4. The van der Waals surface area contributed by atoms with Gasteiger partial charge in [0.2, 0.25) is 5.69 Å². The molecule has 1 aromatic heterocycles. The second-order valence-electron chi connectivity index (χ2n) is 3.37. The lowest BCUT2D eigenvalue weighted by molar-refractivity contribution is -0.695. The number of carbonyl (C=O) groups excluding carboxylic acids is 1. The molecule has 1 aromatic carbocycles. The van der Waals surface area contributed by atoms with Crippen molar-refractivity contribution in [2.45, 2.75) is 6.61 Å². The third-order valence-electron chi connectivity index (χ3n) is 2.41. The third kappa shape index (κ3) is 1.27. The molecule has 0 fully saturated rings. The standard InChI is InChI=1S/C10H6N2O3S/c13-9-5-16-11-12(9)7-2-1-6-4-15-10(14)8(6)3-7/h1-3,5H,4H2. The Bertz CT molecular complexity index is 579. The van der Waals surface area contributed by atoms with Crippen LogP contribution in [0.2, 0.25) is 0 Å². The Labute approximate surface area is 94.7 Å². The van der Waals surface area contributed by atoms with Crippen LogP contribution in [0, 0.1) is 0 Å². The van der Waals surface area contributed by atoms with E-state index in [2.05, 4.69) is 4.49 Å². The van der Waals surface area contributed by atoms with Crippen LogP contribution in [0.25, 0.3) is 5.69 Å². The van der Waals surface area contributed by atoms with Gasteiger partial charge < -0.3 is 9.84 Å². The van der Waals surface area contributed by atoms with E-state index in [9.17, 15) is 9.90 Å². The Morgan fingerprint density at radius 3 is 3.12 bits per heavy atom. The maximum absolute atomic E-state index is 11.4. The zero-order valence-electron chi connectivity index (χ0n) is 8.04. The van der Waals surface area contributed by atoms with Gasteiger partial charge in [-0.05, 0) is 10.7 Å². The average molecular weight is 234 g/mol.